The summed E-state index contributed by atoms with van der Waals surface area (Å²) in [5.41, 5.74) is 0. The Labute approximate surface area is 159 Å². The maximum Gasteiger partial charge on any atom is 0.410 e. The van der Waals surface area contributed by atoms with Gasteiger partial charge in [-0.3, -0.25) is 4.90 Å². The van der Waals surface area contributed by atoms with Gasteiger partial charge in [0.05, 0.1) is 6.04 Å². The molecule has 1 amide bonds. The third kappa shape index (κ3) is 3.19. The van der Waals surface area contributed by atoms with Gasteiger partial charge in [0.15, 0.2) is 5.03 Å². The van der Waals surface area contributed by atoms with Crippen LogP contribution in [0.4, 0.5) is 4.79 Å². The predicted octanol–water partition coefficient (Wildman–Crippen LogP) is 1.44. The van der Waals surface area contributed by atoms with E-state index in [0.717, 1.165) is 0 Å². The summed E-state index contributed by atoms with van der Waals surface area (Å²) < 4.78 is 34.2. The third-order valence-electron chi connectivity index (χ3n) is 5.66. The first-order valence-electron chi connectivity index (χ1n) is 9.18. The van der Waals surface area contributed by atoms with Crippen LogP contribution in [-0.4, -0.2) is 65.0 Å². The van der Waals surface area contributed by atoms with Crippen LogP contribution in [0, 0.1) is 12.8 Å². The van der Waals surface area contributed by atoms with Gasteiger partial charge in [-0.2, -0.15) is 4.31 Å². The van der Waals surface area contributed by atoms with E-state index in [1.165, 1.54) is 4.31 Å². The lowest BCUT2D eigenvalue weighted by Gasteiger charge is -2.45. The lowest BCUT2D eigenvalue weighted by atomic mass is 9.91. The fraction of sp³-hybridized carbons (Fsp3) is 0.556. The molecule has 0 bridgehead atoms. The van der Waals surface area contributed by atoms with Crippen LogP contribution in [0.2, 0.25) is 0 Å². The van der Waals surface area contributed by atoms with Crippen LogP contribution in [0.3, 0.4) is 0 Å². The molecule has 2 aliphatic heterocycles. The van der Waals surface area contributed by atoms with E-state index in [0.29, 0.717) is 38.4 Å². The Hall–Kier alpha value is -2.13. The molecule has 1 aromatic rings. The number of sulfonamides is 1. The van der Waals surface area contributed by atoms with Gasteiger partial charge in [-0.05, 0) is 19.8 Å². The van der Waals surface area contributed by atoms with E-state index in [1.807, 2.05) is 18.2 Å². The first kappa shape index (κ1) is 18.2. The Kier molecular flexibility index (Phi) is 4.59. The summed E-state index contributed by atoms with van der Waals surface area (Å²) >= 11 is 0. The highest BCUT2D eigenvalue weighted by atomic mass is 32.2. The van der Waals surface area contributed by atoms with Gasteiger partial charge < -0.3 is 9.30 Å². The summed E-state index contributed by atoms with van der Waals surface area (Å²) in [6.07, 6.45) is 10.4. The van der Waals surface area contributed by atoms with Crippen molar-refractivity contribution in [1.82, 2.24) is 18.8 Å². The zero-order valence-corrected chi connectivity index (χ0v) is 16.3. The standard InChI is InChI=1S/C18H24N4O4S/c1-13-19-17(11-20(13)2)27(24,25)21-9-7-15(8-10-21)22-16-6-4-3-5-14(16)12-26-18(22)23/h3-6,11,14-16H,7-10,12H2,1-2H3. The zero-order chi connectivity index (χ0) is 19.2. The first-order valence-corrected chi connectivity index (χ1v) is 10.6. The number of hydrogen-bond donors (Lipinski definition) is 0. The van der Waals surface area contributed by atoms with E-state index in [9.17, 15) is 13.2 Å². The van der Waals surface area contributed by atoms with Crippen LogP contribution in [0.5, 0.6) is 0 Å². The number of amides is 1. The number of aryl methyl sites for hydroxylation is 2. The number of rotatable bonds is 3. The zero-order valence-electron chi connectivity index (χ0n) is 15.5. The molecule has 2 atom stereocenters. The molecule has 3 aliphatic rings. The number of ether oxygens (including phenoxy) is 1. The molecule has 0 spiro atoms. The van der Waals surface area contributed by atoms with Crippen LogP contribution >= 0.6 is 0 Å². The number of allylic oxidation sites excluding steroid dienone is 2. The molecule has 2 saturated heterocycles. The fourth-order valence-electron chi connectivity index (χ4n) is 3.99. The van der Waals surface area contributed by atoms with Crippen LogP contribution in [-0.2, 0) is 21.8 Å². The quantitative estimate of drug-likeness (QED) is 0.777. The molecule has 2 fully saturated rings. The van der Waals surface area contributed by atoms with E-state index in [-0.39, 0.29) is 29.1 Å². The van der Waals surface area contributed by atoms with Gasteiger partial charge in [0.1, 0.15) is 12.4 Å². The molecule has 0 radical (unpaired) electrons. The Morgan fingerprint density at radius 2 is 1.89 bits per heavy atom. The van der Waals surface area contributed by atoms with Gasteiger partial charge in [0.2, 0.25) is 0 Å². The number of imidazole rings is 1. The molecular weight excluding hydrogens is 368 g/mol. The van der Waals surface area contributed by atoms with Crippen molar-refractivity contribution in [1.29, 1.82) is 0 Å². The van der Waals surface area contributed by atoms with Crippen molar-refractivity contribution in [2.75, 3.05) is 19.7 Å². The maximum absolute atomic E-state index is 12.9. The van der Waals surface area contributed by atoms with Crippen molar-refractivity contribution in [2.24, 2.45) is 13.0 Å². The minimum atomic E-state index is -3.61. The van der Waals surface area contributed by atoms with Crippen molar-refractivity contribution in [3.8, 4) is 0 Å². The number of nitrogens with zero attached hydrogens (tertiary/aromatic N) is 4. The number of aromatic nitrogens is 2. The number of piperidine rings is 1. The molecule has 0 N–H and O–H groups in total. The molecule has 1 aromatic heterocycles. The van der Waals surface area contributed by atoms with Gasteiger partial charge >= 0.3 is 6.09 Å². The molecule has 4 rings (SSSR count). The minimum absolute atomic E-state index is 0.0113. The maximum atomic E-state index is 12.9. The molecule has 1 aliphatic carbocycles. The van der Waals surface area contributed by atoms with Crippen LogP contribution in [0.15, 0.2) is 35.5 Å². The monoisotopic (exact) mass is 392 g/mol. The molecule has 27 heavy (non-hydrogen) atoms. The predicted molar refractivity (Wildman–Crippen MR) is 98.5 cm³/mol. The summed E-state index contributed by atoms with van der Waals surface area (Å²) in [6, 6.07) is -0.0405. The van der Waals surface area contributed by atoms with E-state index in [4.69, 9.17) is 4.74 Å². The summed E-state index contributed by atoms with van der Waals surface area (Å²) in [7, 11) is -1.84. The Morgan fingerprint density at radius 3 is 2.56 bits per heavy atom. The Morgan fingerprint density at radius 1 is 1.19 bits per heavy atom. The molecule has 0 saturated carbocycles. The van der Waals surface area contributed by atoms with Gasteiger partial charge in [0, 0.05) is 38.3 Å². The summed E-state index contributed by atoms with van der Waals surface area (Å²) in [6.45, 7) is 2.90. The third-order valence-corrected chi connectivity index (χ3v) is 7.43. The van der Waals surface area contributed by atoms with E-state index >= 15 is 0 Å². The Bertz CT molecular complexity index is 877. The molecular formula is C18H24N4O4S. The van der Waals surface area contributed by atoms with Gasteiger partial charge in [-0.15, -0.1) is 0 Å². The van der Waals surface area contributed by atoms with Crippen molar-refractivity contribution in [2.45, 2.75) is 36.9 Å². The van der Waals surface area contributed by atoms with E-state index in [2.05, 4.69) is 11.1 Å². The second kappa shape index (κ2) is 6.79. The van der Waals surface area contributed by atoms with Gasteiger partial charge in [-0.1, -0.05) is 24.3 Å². The second-order valence-electron chi connectivity index (χ2n) is 7.28. The summed E-state index contributed by atoms with van der Waals surface area (Å²) in [4.78, 5) is 18.3. The lowest BCUT2D eigenvalue weighted by Crippen LogP contribution is -2.57. The van der Waals surface area contributed by atoms with Crippen LogP contribution in [0.25, 0.3) is 0 Å². The van der Waals surface area contributed by atoms with Crippen molar-refractivity contribution in [3.05, 3.63) is 36.3 Å². The number of cyclic esters (lactones) is 1. The van der Waals surface area contributed by atoms with Crippen LogP contribution < -0.4 is 0 Å². The molecule has 2 unspecified atom stereocenters. The highest BCUT2D eigenvalue weighted by molar-refractivity contribution is 7.89. The Balaban J connectivity index is 1.47. The lowest BCUT2D eigenvalue weighted by molar-refractivity contribution is 0.00618. The van der Waals surface area contributed by atoms with E-state index < -0.39 is 10.0 Å². The van der Waals surface area contributed by atoms with Gasteiger partial charge in [-0.25, -0.2) is 18.2 Å². The highest BCUT2D eigenvalue weighted by Gasteiger charge is 2.42. The minimum Gasteiger partial charge on any atom is -0.449 e. The molecule has 8 nitrogen and oxygen atoms in total. The highest BCUT2D eigenvalue weighted by Crippen LogP contribution is 2.31. The SMILES string of the molecule is Cc1nc(S(=O)(=O)N2CCC(N3C(=O)OCC4C=CC=CC43)CC2)cn1C. The largest absolute Gasteiger partial charge is 0.449 e. The second-order valence-corrected chi connectivity index (χ2v) is 9.17. The molecule has 9 heteroatoms. The number of carbonyl (C=O) groups is 1. The van der Waals surface area contributed by atoms with Crippen molar-refractivity contribution in [3.63, 3.8) is 0 Å². The summed E-state index contributed by atoms with van der Waals surface area (Å²) in [5.74, 6) is 0.814. The van der Waals surface area contributed by atoms with Crippen molar-refractivity contribution >= 4 is 16.1 Å². The molecule has 0 aromatic carbocycles. The number of hydrogen-bond acceptors (Lipinski definition) is 5. The number of fused-ring (bicyclic) bond motifs is 1. The molecule has 146 valence electrons. The average Bonchev–Trinajstić information content (AvgIpc) is 3.01. The fourth-order valence-corrected chi connectivity index (χ4v) is 5.49. The van der Waals surface area contributed by atoms with E-state index in [1.54, 1.807) is 29.6 Å². The van der Waals surface area contributed by atoms with Crippen LogP contribution in [0.1, 0.15) is 18.7 Å². The topological polar surface area (TPSA) is 84.7 Å². The van der Waals surface area contributed by atoms with Gasteiger partial charge in [0.25, 0.3) is 10.0 Å². The molecule has 3 heterocycles. The van der Waals surface area contributed by atoms with Crippen molar-refractivity contribution < 1.29 is 17.9 Å². The average molecular weight is 392 g/mol. The normalized spacial score (nSPS) is 26.9. The smallest absolute Gasteiger partial charge is 0.410 e. The first-order chi connectivity index (χ1) is 12.9. The number of carbonyl (C=O) groups excluding carboxylic acids is 1. The summed E-state index contributed by atoms with van der Waals surface area (Å²) in [5, 5.41) is 0.0822.